The van der Waals surface area contributed by atoms with Gasteiger partial charge in [0.2, 0.25) is 41.4 Å². The number of aromatic amines is 1. The predicted molar refractivity (Wildman–Crippen MR) is 226 cm³/mol. The van der Waals surface area contributed by atoms with E-state index in [1.807, 2.05) is 18.2 Å². The molecular formula is C37H53N11O11S2. The quantitative estimate of drug-likeness (QED) is 0.0534. The molecule has 61 heavy (non-hydrogen) atoms. The number of carboxylic acid groups (broad SMARTS) is 2. The van der Waals surface area contributed by atoms with E-state index in [0.717, 1.165) is 17.8 Å². The van der Waals surface area contributed by atoms with E-state index < -0.39 is 96.5 Å². The van der Waals surface area contributed by atoms with Crippen molar-refractivity contribution in [2.24, 2.45) is 22.2 Å². The summed E-state index contributed by atoms with van der Waals surface area (Å²) in [6.07, 6.45) is 2.48. The minimum absolute atomic E-state index is 0.0195. The Morgan fingerprint density at radius 3 is 2.26 bits per heavy atom. The fourth-order valence-electron chi connectivity index (χ4n) is 6.39. The van der Waals surface area contributed by atoms with E-state index in [1.165, 1.54) is 26.5 Å². The highest BCUT2D eigenvalue weighted by molar-refractivity contribution is 8.76. The van der Waals surface area contributed by atoms with Gasteiger partial charge in [-0.3, -0.25) is 48.1 Å². The highest BCUT2D eigenvalue weighted by Gasteiger charge is 2.40. The van der Waals surface area contributed by atoms with Crippen LogP contribution in [-0.4, -0.2) is 141 Å². The van der Waals surface area contributed by atoms with Gasteiger partial charge >= 0.3 is 5.97 Å². The van der Waals surface area contributed by atoms with Gasteiger partial charge in [0.1, 0.15) is 30.2 Å². The number of amides is 7. The van der Waals surface area contributed by atoms with Crippen LogP contribution in [0.1, 0.15) is 57.4 Å². The third kappa shape index (κ3) is 16.9. The normalized spacial score (nSPS) is 22.5. The number of benzene rings is 1. The van der Waals surface area contributed by atoms with E-state index in [0.29, 0.717) is 24.8 Å². The second-order valence-electron chi connectivity index (χ2n) is 14.0. The Labute approximate surface area is 358 Å². The summed E-state index contributed by atoms with van der Waals surface area (Å²) in [6, 6.07) is 1.07. The maximum Gasteiger partial charge on any atom is 0.305 e. The maximum absolute atomic E-state index is 14.3. The van der Waals surface area contributed by atoms with Crippen molar-refractivity contribution in [3.63, 3.8) is 0 Å². The molecule has 0 saturated carbocycles. The molecule has 2 aliphatic heterocycles. The zero-order valence-corrected chi connectivity index (χ0v) is 35.1. The second-order valence-corrected chi connectivity index (χ2v) is 16.6. The molecule has 3 heterocycles. The lowest BCUT2D eigenvalue weighted by molar-refractivity contribution is -0.143. The van der Waals surface area contributed by atoms with Gasteiger partial charge in [0.15, 0.2) is 5.96 Å². The number of carbonyl (C=O) groups excluding carboxylic acids is 7. The molecule has 2 aliphatic rings. The van der Waals surface area contributed by atoms with Crippen LogP contribution in [-0.2, 0) is 49.6 Å². The molecule has 1 unspecified atom stereocenters. The molecule has 0 spiro atoms. The lowest BCUT2D eigenvalue weighted by Gasteiger charge is -2.30. The number of carboxylic acids is 2. The largest absolute Gasteiger partial charge is 0.481 e. The Morgan fingerprint density at radius 2 is 1.57 bits per heavy atom. The lowest BCUT2D eigenvalue weighted by Crippen LogP contribution is -2.59. The van der Waals surface area contributed by atoms with Crippen LogP contribution >= 0.6 is 21.6 Å². The minimum Gasteiger partial charge on any atom is -0.481 e. The smallest absolute Gasteiger partial charge is 0.305 e. The van der Waals surface area contributed by atoms with Crippen LogP contribution in [0.4, 0.5) is 0 Å². The number of rotatable bonds is 10. The number of H-pyrrole nitrogens is 1. The SMILES string of the molecule is CC(=O)O.NC(=O)[C@@H]1CSSCCC(=O)N[C@@H](CCCCN=C(N)N)C(=O)NCC(=O)N[C@@H](CC(=O)O)C(=O)N[C@@H](Cc2c[nH]c3ccccc23)C(=O)N2CCCC2C(=O)N1. The van der Waals surface area contributed by atoms with Gasteiger partial charge in [0.25, 0.3) is 5.97 Å². The van der Waals surface area contributed by atoms with Crippen molar-refractivity contribution in [1.82, 2.24) is 36.5 Å². The number of para-hydroxylation sites is 1. The monoisotopic (exact) mass is 891 g/mol. The molecule has 2 aromatic rings. The molecule has 0 radical (unpaired) electrons. The first-order chi connectivity index (χ1) is 29.0. The molecule has 7 amide bonds. The van der Waals surface area contributed by atoms with Crippen molar-refractivity contribution >= 4 is 91.7 Å². The van der Waals surface area contributed by atoms with Crippen LogP contribution in [0.3, 0.4) is 0 Å². The number of carbonyl (C=O) groups is 9. The summed E-state index contributed by atoms with van der Waals surface area (Å²) in [4.78, 5) is 123. The first kappa shape index (κ1) is 49.3. The average Bonchev–Trinajstić information content (AvgIpc) is 3.85. The molecular weight excluding hydrogens is 839 g/mol. The number of aliphatic carboxylic acids is 2. The van der Waals surface area contributed by atoms with Gasteiger partial charge in [-0.05, 0) is 43.7 Å². The number of nitrogens with two attached hydrogens (primary N) is 3. The number of primary amides is 1. The van der Waals surface area contributed by atoms with Crippen LogP contribution in [0, 0.1) is 0 Å². The Bertz CT molecular complexity index is 1940. The van der Waals surface area contributed by atoms with Crippen LogP contribution in [0.5, 0.6) is 0 Å². The summed E-state index contributed by atoms with van der Waals surface area (Å²) in [5.41, 5.74) is 17.8. The summed E-state index contributed by atoms with van der Waals surface area (Å²) in [5.74, 6) is -7.18. The number of hydrogen-bond donors (Lipinski definition) is 11. The molecule has 2 fully saturated rings. The molecule has 0 aliphatic carbocycles. The van der Waals surface area contributed by atoms with E-state index in [2.05, 4.69) is 36.6 Å². The number of unbranched alkanes of at least 4 members (excludes halogenated alkanes) is 1. The van der Waals surface area contributed by atoms with Crippen LogP contribution in [0.15, 0.2) is 35.5 Å². The topological polar surface area (TPSA) is 364 Å². The van der Waals surface area contributed by atoms with Gasteiger partial charge in [-0.25, -0.2) is 0 Å². The summed E-state index contributed by atoms with van der Waals surface area (Å²) < 4.78 is 0. The number of fused-ring (bicyclic) bond motifs is 2. The Hall–Kier alpha value is -6.04. The molecule has 2 saturated heterocycles. The Morgan fingerprint density at radius 1 is 0.869 bits per heavy atom. The van der Waals surface area contributed by atoms with E-state index in [4.69, 9.17) is 27.1 Å². The molecule has 0 bridgehead atoms. The van der Waals surface area contributed by atoms with E-state index in [-0.39, 0.29) is 56.2 Å². The third-order valence-electron chi connectivity index (χ3n) is 9.24. The van der Waals surface area contributed by atoms with Crippen molar-refractivity contribution in [2.75, 3.05) is 31.1 Å². The average molecular weight is 892 g/mol. The molecule has 24 heteroatoms. The van der Waals surface area contributed by atoms with E-state index in [1.54, 1.807) is 12.3 Å². The van der Waals surface area contributed by atoms with Crippen molar-refractivity contribution < 1.29 is 53.4 Å². The van der Waals surface area contributed by atoms with E-state index >= 15 is 0 Å². The zero-order valence-electron chi connectivity index (χ0n) is 33.5. The van der Waals surface area contributed by atoms with Crippen molar-refractivity contribution in [2.45, 2.75) is 88.5 Å². The van der Waals surface area contributed by atoms with Crippen molar-refractivity contribution in [1.29, 1.82) is 0 Å². The van der Waals surface area contributed by atoms with Crippen LogP contribution in [0.25, 0.3) is 10.9 Å². The van der Waals surface area contributed by atoms with Crippen molar-refractivity contribution in [3.05, 3.63) is 36.0 Å². The highest BCUT2D eigenvalue weighted by atomic mass is 33.1. The fraction of sp³-hybridized carbons (Fsp3) is 0.514. The molecule has 1 aromatic carbocycles. The number of aliphatic imine (C=N–C) groups is 1. The molecule has 5 atom stereocenters. The van der Waals surface area contributed by atoms with Crippen LogP contribution in [0.2, 0.25) is 0 Å². The molecule has 1 aromatic heterocycles. The number of nitrogens with one attached hydrogen (secondary N) is 6. The summed E-state index contributed by atoms with van der Waals surface area (Å²) >= 11 is 0. The van der Waals surface area contributed by atoms with Gasteiger partial charge in [-0.2, -0.15) is 0 Å². The van der Waals surface area contributed by atoms with Gasteiger partial charge < -0.3 is 63.9 Å². The lowest BCUT2D eigenvalue weighted by atomic mass is 10.0. The Balaban J connectivity index is 0.00000237. The number of guanidine groups is 1. The van der Waals surface area contributed by atoms with Crippen LogP contribution < -0.4 is 43.8 Å². The zero-order chi connectivity index (χ0) is 45.1. The minimum atomic E-state index is -1.68. The van der Waals surface area contributed by atoms with Gasteiger partial charge in [-0.15, -0.1) is 0 Å². The predicted octanol–water partition coefficient (Wildman–Crippen LogP) is -1.96. The molecule has 22 nitrogen and oxygen atoms in total. The first-order valence-electron chi connectivity index (χ1n) is 19.3. The number of nitrogens with zero attached hydrogens (tertiary/aromatic N) is 2. The Kier molecular flexibility index (Phi) is 20.1. The highest BCUT2D eigenvalue weighted by Crippen LogP contribution is 2.25. The molecule has 334 valence electrons. The summed E-state index contributed by atoms with van der Waals surface area (Å²) in [7, 11) is 2.45. The first-order valence-corrected chi connectivity index (χ1v) is 21.8. The van der Waals surface area contributed by atoms with Gasteiger partial charge in [0.05, 0.1) is 13.0 Å². The van der Waals surface area contributed by atoms with Crippen molar-refractivity contribution in [3.8, 4) is 0 Å². The van der Waals surface area contributed by atoms with E-state index in [9.17, 15) is 43.5 Å². The molecule has 4 rings (SSSR count). The second kappa shape index (κ2) is 24.9. The molecule has 14 N–H and O–H groups in total. The summed E-state index contributed by atoms with van der Waals surface area (Å²) in [5, 5.41) is 30.5. The number of aromatic nitrogens is 1. The van der Waals surface area contributed by atoms with Gasteiger partial charge in [0, 0.05) is 61.5 Å². The number of hydrogen-bond acceptors (Lipinski definition) is 12. The third-order valence-corrected chi connectivity index (χ3v) is 11.7. The maximum atomic E-state index is 14.3. The summed E-state index contributed by atoms with van der Waals surface area (Å²) in [6.45, 7) is 0.851. The fourth-order valence-corrected chi connectivity index (χ4v) is 8.56. The van der Waals surface area contributed by atoms with Gasteiger partial charge in [-0.1, -0.05) is 39.8 Å². The standard InChI is InChI=1S/C35H49N11O9S2.C2H4O2/c36-30(51)25-18-57-56-13-10-27(47)42-22(8-3-4-11-39-35(37)38)31(52)41-17-28(48)43-23(15-29(49)50)32(53)44-24(14-19-16-40-21-7-2-1-6-20(19)21)34(55)46-12-5-9-26(46)33(54)45-25;1-2(3)4/h1-2,6-7,16,22-26,40H,3-5,8-15,17-18H2,(H2,36,51)(H,41,52)(H,42,47)(H,43,48)(H,44,53)(H,45,54)(H,49,50)(H4,37,38,39);1H3,(H,3,4)/t22-,23-,24-,25-,26?;/m0./s1.